The van der Waals surface area contributed by atoms with Crippen LogP contribution in [0.3, 0.4) is 0 Å². The van der Waals surface area contributed by atoms with E-state index in [4.69, 9.17) is 10.5 Å². The van der Waals surface area contributed by atoms with E-state index in [0.29, 0.717) is 11.7 Å². The molecule has 0 aliphatic carbocycles. The van der Waals surface area contributed by atoms with Gasteiger partial charge in [-0.05, 0) is 12.5 Å². The Kier molecular flexibility index (Phi) is 3.01. The number of anilines is 2. The summed E-state index contributed by atoms with van der Waals surface area (Å²) in [6.07, 6.45) is 2.83. The standard InChI is InChI=1S/C10H16N4O/c1-15-7-8-3-5-14(6-8)10-12-4-2-9(11)13-10/h2,4,8H,3,5-7H2,1H3,(H2,11,12,13). The highest BCUT2D eigenvalue weighted by Crippen LogP contribution is 2.20. The van der Waals surface area contributed by atoms with Crippen LogP contribution in [0.15, 0.2) is 12.3 Å². The van der Waals surface area contributed by atoms with Crippen LogP contribution in [0.2, 0.25) is 0 Å². The summed E-state index contributed by atoms with van der Waals surface area (Å²) in [5, 5.41) is 0. The van der Waals surface area contributed by atoms with Crippen molar-refractivity contribution in [3.63, 3.8) is 0 Å². The van der Waals surface area contributed by atoms with Crippen molar-refractivity contribution in [2.24, 2.45) is 5.92 Å². The molecule has 0 spiro atoms. The van der Waals surface area contributed by atoms with Crippen molar-refractivity contribution in [1.82, 2.24) is 9.97 Å². The van der Waals surface area contributed by atoms with Crippen LogP contribution in [0.5, 0.6) is 0 Å². The maximum Gasteiger partial charge on any atom is 0.227 e. The Bertz CT molecular complexity index is 331. The topological polar surface area (TPSA) is 64.3 Å². The fraction of sp³-hybridized carbons (Fsp3) is 0.600. The molecule has 2 heterocycles. The van der Waals surface area contributed by atoms with Crippen LogP contribution in [0.1, 0.15) is 6.42 Å². The molecule has 5 nitrogen and oxygen atoms in total. The van der Waals surface area contributed by atoms with Gasteiger partial charge in [0.25, 0.3) is 0 Å². The summed E-state index contributed by atoms with van der Waals surface area (Å²) < 4.78 is 5.14. The van der Waals surface area contributed by atoms with E-state index in [9.17, 15) is 0 Å². The number of methoxy groups -OCH3 is 1. The van der Waals surface area contributed by atoms with E-state index in [0.717, 1.165) is 32.1 Å². The van der Waals surface area contributed by atoms with Gasteiger partial charge in [0, 0.05) is 32.3 Å². The second-order valence-electron chi connectivity index (χ2n) is 3.84. The van der Waals surface area contributed by atoms with Crippen molar-refractivity contribution in [3.8, 4) is 0 Å². The molecule has 0 saturated carbocycles. The van der Waals surface area contributed by atoms with Crippen molar-refractivity contribution < 1.29 is 4.74 Å². The lowest BCUT2D eigenvalue weighted by atomic mass is 10.1. The van der Waals surface area contributed by atoms with E-state index >= 15 is 0 Å². The number of nitrogens with two attached hydrogens (primary N) is 1. The summed E-state index contributed by atoms with van der Waals surface area (Å²) in [5.74, 6) is 1.84. The molecule has 1 aromatic heterocycles. The molecule has 1 atom stereocenters. The van der Waals surface area contributed by atoms with Crippen LogP contribution in [-0.2, 0) is 4.74 Å². The molecule has 0 aromatic carbocycles. The van der Waals surface area contributed by atoms with E-state index in [1.165, 1.54) is 0 Å². The summed E-state index contributed by atoms with van der Waals surface area (Å²) in [7, 11) is 1.74. The minimum atomic E-state index is 0.523. The molecule has 2 N–H and O–H groups in total. The van der Waals surface area contributed by atoms with Crippen molar-refractivity contribution >= 4 is 11.8 Å². The first-order valence-electron chi connectivity index (χ1n) is 5.12. The van der Waals surface area contributed by atoms with Crippen molar-refractivity contribution in [3.05, 3.63) is 12.3 Å². The van der Waals surface area contributed by atoms with E-state index in [1.807, 2.05) is 0 Å². The Labute approximate surface area is 89.3 Å². The van der Waals surface area contributed by atoms with Crippen LogP contribution in [0.25, 0.3) is 0 Å². The molecule has 1 aliphatic rings. The van der Waals surface area contributed by atoms with Crippen LogP contribution in [0, 0.1) is 5.92 Å². The van der Waals surface area contributed by atoms with Gasteiger partial charge in [-0.25, -0.2) is 4.98 Å². The Morgan fingerprint density at radius 2 is 2.53 bits per heavy atom. The first-order chi connectivity index (χ1) is 7.29. The van der Waals surface area contributed by atoms with Crippen LogP contribution < -0.4 is 10.6 Å². The van der Waals surface area contributed by atoms with Gasteiger partial charge in [0.15, 0.2) is 0 Å². The van der Waals surface area contributed by atoms with Crippen molar-refractivity contribution in [2.75, 3.05) is 37.4 Å². The molecule has 0 radical (unpaired) electrons. The number of hydrogen-bond acceptors (Lipinski definition) is 5. The van der Waals surface area contributed by atoms with Crippen LogP contribution in [-0.4, -0.2) is 36.8 Å². The smallest absolute Gasteiger partial charge is 0.227 e. The Morgan fingerprint density at radius 3 is 3.27 bits per heavy atom. The van der Waals surface area contributed by atoms with E-state index in [2.05, 4.69) is 14.9 Å². The second kappa shape index (κ2) is 4.44. The third-order valence-corrected chi connectivity index (χ3v) is 2.64. The quantitative estimate of drug-likeness (QED) is 0.785. The first-order valence-corrected chi connectivity index (χ1v) is 5.12. The SMILES string of the molecule is COCC1CCN(c2nccc(N)n2)C1. The average molecular weight is 208 g/mol. The summed E-state index contributed by atoms with van der Waals surface area (Å²) in [4.78, 5) is 10.6. The van der Waals surface area contributed by atoms with Gasteiger partial charge < -0.3 is 15.4 Å². The number of rotatable bonds is 3. The highest BCUT2D eigenvalue weighted by Gasteiger charge is 2.24. The summed E-state index contributed by atoms with van der Waals surface area (Å²) in [6.45, 7) is 2.74. The largest absolute Gasteiger partial charge is 0.384 e. The Balaban J connectivity index is 2.01. The van der Waals surface area contributed by atoms with Gasteiger partial charge in [0.2, 0.25) is 5.95 Å². The zero-order valence-corrected chi connectivity index (χ0v) is 8.89. The molecular weight excluding hydrogens is 192 g/mol. The molecule has 82 valence electrons. The third kappa shape index (κ3) is 2.36. The lowest BCUT2D eigenvalue weighted by Gasteiger charge is -2.15. The molecule has 0 amide bonds. The van der Waals surface area contributed by atoms with Gasteiger partial charge in [-0.3, -0.25) is 0 Å². The number of nitrogen functional groups attached to an aromatic ring is 1. The van der Waals surface area contributed by atoms with E-state index in [1.54, 1.807) is 19.4 Å². The number of aromatic nitrogens is 2. The van der Waals surface area contributed by atoms with Gasteiger partial charge in [-0.1, -0.05) is 0 Å². The molecule has 1 aromatic rings. The van der Waals surface area contributed by atoms with E-state index in [-0.39, 0.29) is 0 Å². The lowest BCUT2D eigenvalue weighted by Crippen LogP contribution is -2.23. The van der Waals surface area contributed by atoms with E-state index < -0.39 is 0 Å². The lowest BCUT2D eigenvalue weighted by molar-refractivity contribution is 0.161. The maximum absolute atomic E-state index is 5.62. The zero-order chi connectivity index (χ0) is 10.7. The molecule has 0 bridgehead atoms. The fourth-order valence-corrected chi connectivity index (χ4v) is 1.90. The van der Waals surface area contributed by atoms with Gasteiger partial charge in [-0.2, -0.15) is 4.98 Å². The summed E-state index contributed by atoms with van der Waals surface area (Å²) in [5.41, 5.74) is 5.62. The number of hydrogen-bond donors (Lipinski definition) is 1. The number of nitrogens with zero attached hydrogens (tertiary/aromatic N) is 3. The molecule has 1 unspecified atom stereocenters. The third-order valence-electron chi connectivity index (χ3n) is 2.64. The maximum atomic E-state index is 5.62. The summed E-state index contributed by atoms with van der Waals surface area (Å²) >= 11 is 0. The molecule has 1 saturated heterocycles. The predicted molar refractivity (Wildman–Crippen MR) is 58.6 cm³/mol. The Hall–Kier alpha value is -1.36. The minimum absolute atomic E-state index is 0.523. The fourth-order valence-electron chi connectivity index (χ4n) is 1.90. The van der Waals surface area contributed by atoms with Crippen molar-refractivity contribution in [2.45, 2.75) is 6.42 Å². The molecule has 1 aliphatic heterocycles. The molecule has 15 heavy (non-hydrogen) atoms. The van der Waals surface area contributed by atoms with Gasteiger partial charge in [0.05, 0.1) is 6.61 Å². The molecular formula is C10H16N4O. The molecule has 2 rings (SSSR count). The monoisotopic (exact) mass is 208 g/mol. The molecule has 1 fully saturated rings. The number of ether oxygens (including phenoxy) is 1. The van der Waals surface area contributed by atoms with Crippen LogP contribution in [0.4, 0.5) is 11.8 Å². The highest BCUT2D eigenvalue weighted by atomic mass is 16.5. The van der Waals surface area contributed by atoms with Crippen molar-refractivity contribution in [1.29, 1.82) is 0 Å². The second-order valence-corrected chi connectivity index (χ2v) is 3.84. The first kappa shape index (κ1) is 10.2. The Morgan fingerprint density at radius 1 is 1.67 bits per heavy atom. The minimum Gasteiger partial charge on any atom is -0.384 e. The highest BCUT2D eigenvalue weighted by molar-refractivity contribution is 5.38. The zero-order valence-electron chi connectivity index (χ0n) is 8.89. The van der Waals surface area contributed by atoms with Gasteiger partial charge in [0.1, 0.15) is 5.82 Å². The van der Waals surface area contributed by atoms with Crippen LogP contribution >= 0.6 is 0 Å². The van der Waals surface area contributed by atoms with Gasteiger partial charge in [-0.15, -0.1) is 0 Å². The summed E-state index contributed by atoms with van der Waals surface area (Å²) in [6, 6.07) is 1.70. The molecule has 5 heteroatoms. The van der Waals surface area contributed by atoms with Gasteiger partial charge >= 0.3 is 0 Å². The predicted octanol–water partition coefficient (Wildman–Crippen LogP) is 0.531. The normalized spacial score (nSPS) is 20.9. The average Bonchev–Trinajstić information content (AvgIpc) is 2.67.